The molecule has 35 heavy (non-hydrogen) atoms. The Morgan fingerprint density at radius 2 is 1.80 bits per heavy atom. The number of alkyl halides is 3. The topological polar surface area (TPSA) is 98.0 Å². The molecule has 3 aromatic heterocycles. The van der Waals surface area contributed by atoms with E-state index in [-0.39, 0.29) is 32.4 Å². The van der Waals surface area contributed by atoms with Gasteiger partial charge < -0.3 is 5.11 Å². The van der Waals surface area contributed by atoms with Crippen molar-refractivity contribution in [3.8, 4) is 22.8 Å². The smallest absolute Gasteiger partial charge is 0.447 e. The fourth-order valence-corrected chi connectivity index (χ4v) is 5.32. The molecule has 0 atom stereocenters. The van der Waals surface area contributed by atoms with Crippen molar-refractivity contribution in [3.63, 3.8) is 0 Å². The quantitative estimate of drug-likeness (QED) is 0.337. The summed E-state index contributed by atoms with van der Waals surface area (Å²) in [5, 5.41) is 14.6. The van der Waals surface area contributed by atoms with Gasteiger partial charge in [-0.15, -0.1) is 0 Å². The molecule has 0 unspecified atom stereocenters. The molecule has 1 N–H and O–H groups in total. The molecule has 4 aromatic rings. The molecule has 1 aliphatic rings. The number of nitrogens with zero attached hydrogens (tertiary/aromatic N) is 4. The summed E-state index contributed by atoms with van der Waals surface area (Å²) in [7, 11) is -3.81. The maximum absolute atomic E-state index is 13.0. The van der Waals surface area contributed by atoms with E-state index in [9.17, 15) is 26.7 Å². The molecule has 0 amide bonds. The van der Waals surface area contributed by atoms with Crippen molar-refractivity contribution < 1.29 is 26.7 Å². The second-order valence-corrected chi connectivity index (χ2v) is 11.5. The van der Waals surface area contributed by atoms with Crippen LogP contribution in [0.4, 0.5) is 13.2 Å². The van der Waals surface area contributed by atoms with Gasteiger partial charge in [0.1, 0.15) is 15.4 Å². The molecular weight excluding hydrogens is 501 g/mol. The van der Waals surface area contributed by atoms with Crippen LogP contribution in [0.1, 0.15) is 31.2 Å². The molecule has 0 bridgehead atoms. The number of thioether (sulfide) groups is 1. The Bertz CT molecular complexity index is 1530. The summed E-state index contributed by atoms with van der Waals surface area (Å²) >= 11 is -0.410. The average Bonchev–Trinajstić information content (AvgIpc) is 3.62. The van der Waals surface area contributed by atoms with Crippen LogP contribution in [0.15, 0.2) is 58.7 Å². The summed E-state index contributed by atoms with van der Waals surface area (Å²) in [5.41, 5.74) is -1.92. The predicted octanol–water partition coefficient (Wildman–Crippen LogP) is 5.47. The molecule has 182 valence electrons. The highest BCUT2D eigenvalue weighted by Gasteiger charge is 2.31. The van der Waals surface area contributed by atoms with Gasteiger partial charge in [-0.25, -0.2) is 18.4 Å². The molecule has 1 fully saturated rings. The molecule has 7 nitrogen and oxygen atoms in total. The van der Waals surface area contributed by atoms with Crippen LogP contribution < -0.4 is 0 Å². The average molecular weight is 521 g/mol. The SMILES string of the molecule is CCS(=O)(=O)c1cc(-c2ccc(C3CC3)cc2)cnc1-n1nc2cc(SC(F)(F)F)ncc2c1O. The first-order valence-corrected chi connectivity index (χ1v) is 13.2. The Kier molecular flexibility index (Phi) is 5.75. The first-order valence-electron chi connectivity index (χ1n) is 10.7. The van der Waals surface area contributed by atoms with Crippen molar-refractivity contribution in [2.45, 2.75) is 41.1 Å². The number of sulfone groups is 1. The van der Waals surface area contributed by atoms with Crippen LogP contribution in [0, 0.1) is 0 Å². The van der Waals surface area contributed by atoms with E-state index in [2.05, 4.69) is 15.1 Å². The van der Waals surface area contributed by atoms with E-state index in [1.54, 1.807) is 0 Å². The van der Waals surface area contributed by atoms with Gasteiger partial charge in [0.2, 0.25) is 5.88 Å². The van der Waals surface area contributed by atoms with Gasteiger partial charge >= 0.3 is 5.51 Å². The lowest BCUT2D eigenvalue weighted by molar-refractivity contribution is -0.0329. The standard InChI is InChI=1S/C23H19F3N4O3S2/c1-2-35(32,33)19-9-16(15-7-5-14(6-8-15)13-3-4-13)11-28-21(19)30-22(31)17-12-27-20(10-18(17)29-30)34-23(24,25)26/h5-13,31H,2-4H2,1H3. The lowest BCUT2D eigenvalue weighted by Gasteiger charge is -2.12. The third-order valence-corrected chi connectivity index (χ3v) is 8.16. The van der Waals surface area contributed by atoms with Crippen LogP contribution in [0.25, 0.3) is 27.8 Å². The number of rotatable bonds is 6. The van der Waals surface area contributed by atoms with Crippen molar-refractivity contribution >= 4 is 32.5 Å². The minimum absolute atomic E-state index is 0.0191. The molecule has 1 aliphatic carbocycles. The lowest BCUT2D eigenvalue weighted by Crippen LogP contribution is -2.11. The summed E-state index contributed by atoms with van der Waals surface area (Å²) in [6, 6.07) is 10.4. The molecule has 3 heterocycles. The Hall–Kier alpha value is -3.12. The number of fused-ring (bicyclic) bond motifs is 1. The monoisotopic (exact) mass is 520 g/mol. The van der Waals surface area contributed by atoms with Crippen LogP contribution >= 0.6 is 11.8 Å². The fourth-order valence-electron chi connectivity index (χ4n) is 3.78. The number of benzene rings is 1. The zero-order valence-electron chi connectivity index (χ0n) is 18.3. The van der Waals surface area contributed by atoms with Crippen LogP contribution in [0.5, 0.6) is 5.88 Å². The molecule has 0 radical (unpaired) electrons. The Balaban J connectivity index is 1.61. The highest BCUT2D eigenvalue weighted by Crippen LogP contribution is 2.41. The Labute approximate surface area is 202 Å². The number of pyridine rings is 2. The zero-order chi connectivity index (χ0) is 25.0. The van der Waals surface area contributed by atoms with Crippen LogP contribution in [0.2, 0.25) is 0 Å². The minimum atomic E-state index is -4.54. The van der Waals surface area contributed by atoms with E-state index >= 15 is 0 Å². The number of aromatic hydroxyl groups is 1. The Morgan fingerprint density at radius 3 is 2.43 bits per heavy atom. The van der Waals surface area contributed by atoms with E-state index in [0.717, 1.165) is 22.5 Å². The largest absolute Gasteiger partial charge is 0.493 e. The predicted molar refractivity (Wildman–Crippen MR) is 125 cm³/mol. The third-order valence-electron chi connectivity index (χ3n) is 5.77. The molecule has 0 aliphatic heterocycles. The van der Waals surface area contributed by atoms with E-state index in [0.29, 0.717) is 11.5 Å². The van der Waals surface area contributed by atoms with Crippen molar-refractivity contribution in [2.24, 2.45) is 0 Å². The number of hydrogen-bond donors (Lipinski definition) is 1. The number of halogens is 3. The van der Waals surface area contributed by atoms with Crippen molar-refractivity contribution in [1.82, 2.24) is 19.7 Å². The van der Waals surface area contributed by atoms with Crippen LogP contribution in [-0.2, 0) is 9.84 Å². The van der Waals surface area contributed by atoms with E-state index in [4.69, 9.17) is 0 Å². The Morgan fingerprint density at radius 1 is 1.09 bits per heavy atom. The fraction of sp³-hybridized carbons (Fsp3) is 0.261. The summed E-state index contributed by atoms with van der Waals surface area (Å²) < 4.78 is 65.0. The van der Waals surface area contributed by atoms with Gasteiger partial charge in [0.25, 0.3) is 0 Å². The van der Waals surface area contributed by atoms with Crippen molar-refractivity contribution in [1.29, 1.82) is 0 Å². The van der Waals surface area contributed by atoms with Crippen molar-refractivity contribution in [2.75, 3.05) is 5.75 Å². The maximum atomic E-state index is 13.0. The van der Waals surface area contributed by atoms with E-state index in [1.807, 2.05) is 24.3 Å². The zero-order valence-corrected chi connectivity index (χ0v) is 20.0. The summed E-state index contributed by atoms with van der Waals surface area (Å²) in [5.74, 6) is -0.259. The van der Waals surface area contributed by atoms with Crippen LogP contribution in [0.3, 0.4) is 0 Å². The maximum Gasteiger partial charge on any atom is 0.447 e. The van der Waals surface area contributed by atoms with Crippen LogP contribution in [-0.4, -0.2) is 44.5 Å². The van der Waals surface area contributed by atoms with Crippen molar-refractivity contribution in [3.05, 3.63) is 54.4 Å². The molecule has 0 spiro atoms. The molecular formula is C23H19F3N4O3S2. The number of hydrogen-bond acceptors (Lipinski definition) is 7. The van der Waals surface area contributed by atoms with Gasteiger partial charge in [-0.3, -0.25) is 0 Å². The lowest BCUT2D eigenvalue weighted by atomic mass is 10.0. The van der Waals surface area contributed by atoms with Gasteiger partial charge in [0, 0.05) is 29.7 Å². The highest BCUT2D eigenvalue weighted by atomic mass is 32.2. The summed E-state index contributed by atoms with van der Waals surface area (Å²) in [4.78, 5) is 7.87. The number of aromatic nitrogens is 4. The summed E-state index contributed by atoms with van der Waals surface area (Å²) in [6.07, 6.45) is 4.88. The van der Waals surface area contributed by atoms with E-state index in [1.165, 1.54) is 37.6 Å². The van der Waals surface area contributed by atoms with Gasteiger partial charge in [-0.05, 0) is 42.0 Å². The second-order valence-electron chi connectivity index (χ2n) is 8.17. The minimum Gasteiger partial charge on any atom is -0.493 e. The second kappa shape index (κ2) is 8.52. The van der Waals surface area contributed by atoms with E-state index < -0.39 is 33.0 Å². The van der Waals surface area contributed by atoms with Gasteiger partial charge in [0.05, 0.1) is 11.1 Å². The highest BCUT2D eigenvalue weighted by molar-refractivity contribution is 8.00. The first-order chi connectivity index (χ1) is 16.6. The molecule has 1 saturated carbocycles. The molecule has 5 rings (SSSR count). The molecule has 0 saturated heterocycles. The first kappa shape index (κ1) is 23.6. The summed E-state index contributed by atoms with van der Waals surface area (Å²) in [6.45, 7) is 1.49. The van der Waals surface area contributed by atoms with Gasteiger partial charge in [0.15, 0.2) is 15.7 Å². The molecule has 12 heteroatoms. The molecule has 1 aromatic carbocycles. The van der Waals surface area contributed by atoms with Gasteiger partial charge in [-0.2, -0.15) is 23.0 Å². The third kappa shape index (κ3) is 4.72. The normalized spacial score (nSPS) is 14.5. The van der Waals surface area contributed by atoms with Gasteiger partial charge in [-0.1, -0.05) is 31.2 Å².